The van der Waals surface area contributed by atoms with E-state index in [0.29, 0.717) is 10.3 Å². The SMILES string of the molecule is C=C(NC(=O)c1csc(-c2nc3c(cc2O)-c2nc(cs2)C(=O)N[C@@H]([C@@H](C)O)C(=O)NC(=C(C)OC)c2nc(cs2)C(=O)N[C@@H]2c4nc(cs4)C(=O)N[C@@H](COC(=O)c4c5c6c(cccc6n4O)COC(=O)[C@@H](O[C@H]4C[C@](C)(O)[C@H](N(C)C)[C@H](C)O4)[C@H]2OC5)c2nc-3cs2)n1)C(N)=O. The van der Waals surface area contributed by atoms with Crippen molar-refractivity contribution < 1.29 is 87.3 Å². The molecule has 8 aromatic rings. The van der Waals surface area contributed by atoms with Crippen molar-refractivity contribution in [1.82, 2.24) is 66.1 Å². The second kappa shape index (κ2) is 27.4. The van der Waals surface area contributed by atoms with E-state index in [-0.39, 0.29) is 105 Å². The molecule has 37 heteroatoms. The number of thiazole rings is 5. The molecule has 0 saturated carbocycles. The molecule has 12 rings (SSSR count). The van der Waals surface area contributed by atoms with E-state index in [9.17, 15) is 44.5 Å². The molecule has 0 aliphatic carbocycles. The van der Waals surface area contributed by atoms with E-state index < -0.39 is 145 Å². The number of methoxy groups -OCH3 is 1. The molecular formula is C61H60N14O18S5. The number of aromatic nitrogens is 7. The minimum atomic E-state index is -1.92. The number of fused-ring (bicyclic) bond motifs is 15. The Hall–Kier alpha value is -9.54. The maximum atomic E-state index is 15.2. The van der Waals surface area contributed by atoms with Crippen LogP contribution in [0.1, 0.15) is 125 Å². The number of hydrogen-bond acceptors (Lipinski definition) is 30. The number of pyridine rings is 1. The van der Waals surface area contributed by atoms with Crippen LogP contribution in [0.2, 0.25) is 0 Å². The molecule has 12 bridgehead atoms. The van der Waals surface area contributed by atoms with Crippen LogP contribution in [0.15, 0.2) is 69.2 Å². The third-order valence-corrected chi connectivity index (χ3v) is 20.8. The monoisotopic (exact) mass is 1440 g/mol. The van der Waals surface area contributed by atoms with Crippen molar-refractivity contribution in [3.63, 3.8) is 0 Å². The number of carbonyl (C=O) groups excluding carboxylic acids is 8. The van der Waals surface area contributed by atoms with Crippen molar-refractivity contribution in [1.29, 1.82) is 0 Å². The minimum Gasteiger partial charge on any atom is -0.506 e. The van der Waals surface area contributed by atoms with Gasteiger partial charge in [-0.15, -0.1) is 56.7 Å². The molecule has 1 aromatic carbocycles. The van der Waals surface area contributed by atoms with E-state index in [1.54, 1.807) is 45.0 Å². The van der Waals surface area contributed by atoms with Crippen molar-refractivity contribution in [3.8, 4) is 38.4 Å². The number of aromatic hydroxyl groups is 1. The summed E-state index contributed by atoms with van der Waals surface area (Å²) in [6.07, 6.45) is -7.56. The van der Waals surface area contributed by atoms with Gasteiger partial charge >= 0.3 is 11.9 Å². The van der Waals surface area contributed by atoms with Crippen molar-refractivity contribution in [2.75, 3.05) is 27.8 Å². The molecule has 0 unspecified atom stereocenters. The number of nitrogens with two attached hydrogens (primary N) is 1. The number of aliphatic hydroxyl groups is 2. The van der Waals surface area contributed by atoms with E-state index in [1.165, 1.54) is 60.0 Å². The molecule has 1 fully saturated rings. The molecule has 4 aliphatic heterocycles. The number of cyclic esters (lactones) is 2. The van der Waals surface area contributed by atoms with E-state index >= 15 is 14.4 Å². The number of likely N-dealkylation sites (N-methyl/N-ethyl adjacent to an activating group) is 1. The van der Waals surface area contributed by atoms with Crippen molar-refractivity contribution in [2.24, 2.45) is 5.73 Å². The molecule has 10 atom stereocenters. The minimum absolute atomic E-state index is 0.00915. The zero-order chi connectivity index (χ0) is 69.9. The molecule has 6 amide bonds. The number of nitrogens with zero attached hydrogens (tertiary/aromatic N) is 8. The van der Waals surface area contributed by atoms with Gasteiger partial charge in [-0.1, -0.05) is 18.7 Å². The Morgan fingerprint density at radius 3 is 2.23 bits per heavy atom. The van der Waals surface area contributed by atoms with E-state index in [1.807, 2.05) is 0 Å². The maximum absolute atomic E-state index is 15.2. The lowest BCUT2D eigenvalue weighted by atomic mass is 9.85. The maximum Gasteiger partial charge on any atom is 0.358 e. The molecule has 11 N–H and O–H groups in total. The van der Waals surface area contributed by atoms with E-state index in [2.05, 4.69) is 48.1 Å². The van der Waals surface area contributed by atoms with Crippen molar-refractivity contribution in [2.45, 2.75) is 108 Å². The van der Waals surface area contributed by atoms with Crippen LogP contribution in [0.3, 0.4) is 0 Å². The first-order valence-electron chi connectivity index (χ1n) is 29.7. The third-order valence-electron chi connectivity index (χ3n) is 16.3. The first-order chi connectivity index (χ1) is 46.7. The number of ether oxygens (including phenoxy) is 6. The Morgan fingerprint density at radius 2 is 1.52 bits per heavy atom. The molecule has 98 heavy (non-hydrogen) atoms. The van der Waals surface area contributed by atoms with Crippen LogP contribution >= 0.6 is 56.7 Å². The summed E-state index contributed by atoms with van der Waals surface area (Å²) in [7, 11) is 4.83. The standard InChI is InChI=1S/C61H60N14O18S5/c1-22(48(62)78)63-49(79)31-19-97-57(68-31)42-36(77)12-27-41(70-42)30-17-95-55(65-30)29-16-91-59(84)44-28-15-89-45(46(93-37-13-61(5,86)47(74(6)7)25(4)92-37)60(85)90-14-26-10-9-11-35(38(26)28)75(44)87)43(58-69-32(20-98-58)50(80)64-29)73-52(82)34-21-96-56(67-34)40(24(3)88-8)72-53(83)39(23(2)76)71-51(81)33-18-94-54(27)66-33/h9-12,17-21,23,25,29,37,39,43,45-47,76-77,86-87H,1,13-16H2,2-8H3,(H2,62,78)(H,63,79)(H,64,80)(H,71,81)(H,72,83)(H,73,82)/t23-,25+,29+,37+,39+,43+,45+,46+,47-,61+/m1/s1. The summed E-state index contributed by atoms with van der Waals surface area (Å²) in [5, 5.41) is 67.4. The number of rotatable bonds is 9. The number of benzene rings is 1. The highest BCUT2D eigenvalue weighted by Crippen LogP contribution is 2.43. The highest BCUT2D eigenvalue weighted by Gasteiger charge is 2.50. The summed E-state index contributed by atoms with van der Waals surface area (Å²) in [4.78, 5) is 144. The molecule has 0 spiro atoms. The van der Waals surface area contributed by atoms with Gasteiger partial charge in [-0.25, -0.2) is 39.5 Å². The molecule has 11 heterocycles. The number of esters is 2. The fourth-order valence-electron chi connectivity index (χ4n) is 11.7. The summed E-state index contributed by atoms with van der Waals surface area (Å²) in [6, 6.07) is 0.628. The third kappa shape index (κ3) is 13.4. The Bertz CT molecular complexity index is 4610. The van der Waals surface area contributed by atoms with Crippen LogP contribution in [0.4, 0.5) is 0 Å². The molecule has 32 nitrogen and oxygen atoms in total. The Kier molecular flexibility index (Phi) is 19.1. The number of allylic oxidation sites excluding steroid dienone is 1. The van der Waals surface area contributed by atoms with Crippen LogP contribution in [-0.4, -0.2) is 184 Å². The zero-order valence-electron chi connectivity index (χ0n) is 52.6. The average molecular weight is 1440 g/mol. The highest BCUT2D eigenvalue weighted by molar-refractivity contribution is 7.14. The lowest BCUT2D eigenvalue weighted by Gasteiger charge is -2.48. The number of carbonyl (C=O) groups is 8. The molecule has 512 valence electrons. The number of nitrogens with one attached hydrogen (secondary N) is 5. The fraction of sp³-hybridized carbons (Fsp3) is 0.344. The highest BCUT2D eigenvalue weighted by atomic mass is 32.1. The van der Waals surface area contributed by atoms with Crippen LogP contribution in [0.25, 0.3) is 49.3 Å². The normalized spacial score (nSPS) is 24.0. The van der Waals surface area contributed by atoms with Gasteiger partial charge in [0.25, 0.3) is 29.5 Å². The van der Waals surface area contributed by atoms with Crippen LogP contribution in [-0.2, 0) is 56.0 Å². The van der Waals surface area contributed by atoms with Gasteiger partial charge in [-0.05, 0) is 59.5 Å². The van der Waals surface area contributed by atoms with Crippen molar-refractivity contribution >= 4 is 121 Å². The topological polar surface area (TPSA) is 445 Å². The molecule has 4 aliphatic rings. The zero-order valence-corrected chi connectivity index (χ0v) is 56.7. The van der Waals surface area contributed by atoms with Gasteiger partial charge in [-0.2, -0.15) is 4.73 Å². The van der Waals surface area contributed by atoms with Gasteiger partial charge in [0.2, 0.25) is 5.91 Å². The second-order valence-electron chi connectivity index (χ2n) is 23.3. The lowest BCUT2D eigenvalue weighted by Crippen LogP contribution is -2.62. The molecule has 1 saturated heterocycles. The Labute approximate surface area is 574 Å². The summed E-state index contributed by atoms with van der Waals surface area (Å²) < 4.78 is 38.2. The number of aliphatic hydroxyl groups excluding tert-OH is 1. The van der Waals surface area contributed by atoms with E-state index in [0.717, 1.165) is 56.7 Å². The van der Waals surface area contributed by atoms with Gasteiger partial charge in [-0.3, -0.25) is 28.8 Å². The quantitative estimate of drug-likeness (QED) is 0.0424. The van der Waals surface area contributed by atoms with E-state index in [4.69, 9.17) is 49.1 Å². The molecule has 7 aromatic heterocycles. The summed E-state index contributed by atoms with van der Waals surface area (Å²) in [6.45, 7) is 7.68. The smallest absolute Gasteiger partial charge is 0.358 e. The molecule has 0 radical (unpaired) electrons. The summed E-state index contributed by atoms with van der Waals surface area (Å²) in [5.74, 6) is -8.28. The van der Waals surface area contributed by atoms with Gasteiger partial charge in [0.15, 0.2) is 18.1 Å². The number of hydrogen-bond donors (Lipinski definition) is 10. The van der Waals surface area contributed by atoms with Gasteiger partial charge in [0.1, 0.15) is 120 Å². The molecular weight excluding hydrogens is 1380 g/mol. The van der Waals surface area contributed by atoms with Gasteiger partial charge in [0.05, 0.1) is 48.8 Å². The average Bonchev–Trinajstić information content (AvgIpc) is 1.57. The number of amides is 6. The summed E-state index contributed by atoms with van der Waals surface area (Å²) >= 11 is 4.46. The van der Waals surface area contributed by atoms with Crippen LogP contribution in [0.5, 0.6) is 5.75 Å². The van der Waals surface area contributed by atoms with Crippen molar-refractivity contribution in [3.05, 3.63) is 124 Å². The first kappa shape index (κ1) is 68.4. The predicted octanol–water partition coefficient (Wildman–Crippen LogP) is 3.89. The van der Waals surface area contributed by atoms with Gasteiger partial charge < -0.3 is 86.2 Å². The largest absolute Gasteiger partial charge is 0.506 e. The number of primary amides is 1. The summed E-state index contributed by atoms with van der Waals surface area (Å²) in [5.41, 5.74) is 2.00. The van der Waals surface area contributed by atoms with Crippen LogP contribution in [0, 0.1) is 0 Å². The Balaban J connectivity index is 1.04. The second-order valence-corrected chi connectivity index (χ2v) is 27.7. The van der Waals surface area contributed by atoms with Gasteiger partial charge in [0, 0.05) is 49.8 Å². The first-order valence-corrected chi connectivity index (χ1v) is 34.1. The van der Waals surface area contributed by atoms with Crippen LogP contribution < -0.4 is 32.3 Å². The predicted molar refractivity (Wildman–Crippen MR) is 350 cm³/mol. The lowest BCUT2D eigenvalue weighted by molar-refractivity contribution is -0.280. The fourth-order valence-corrected chi connectivity index (χ4v) is 15.9. The Morgan fingerprint density at radius 1 is 0.857 bits per heavy atom.